The Bertz CT molecular complexity index is 401. The molecular weight excluding hydrogens is 276 g/mol. The third-order valence-corrected chi connectivity index (χ3v) is 5.72. The molecule has 0 aromatic rings. The molecule has 2 aliphatic heterocycles. The van der Waals surface area contributed by atoms with Gasteiger partial charge in [0.25, 0.3) is 5.91 Å². The van der Waals surface area contributed by atoms with E-state index in [0.29, 0.717) is 12.3 Å². The molecule has 3 atom stereocenters. The van der Waals surface area contributed by atoms with Crippen LogP contribution in [0.15, 0.2) is 11.6 Å². The molecule has 2 aliphatic rings. The molecule has 18 heavy (non-hydrogen) atoms. The zero-order valence-electron chi connectivity index (χ0n) is 9.74. The highest BCUT2D eigenvalue weighted by Gasteiger charge is 2.56. The first-order valence-corrected chi connectivity index (χ1v) is 7.45. The molecule has 2 rings (SSSR count). The van der Waals surface area contributed by atoms with Crippen LogP contribution in [-0.2, 0) is 9.53 Å². The van der Waals surface area contributed by atoms with E-state index in [4.69, 9.17) is 15.6 Å². The lowest BCUT2D eigenvalue weighted by Gasteiger charge is -2.38. The molecule has 2 unspecified atom stereocenters. The molecule has 0 bridgehead atoms. The maximum atomic E-state index is 11.8. The summed E-state index contributed by atoms with van der Waals surface area (Å²) >= 11 is 3.07. The van der Waals surface area contributed by atoms with Crippen molar-refractivity contribution in [1.82, 2.24) is 4.90 Å². The van der Waals surface area contributed by atoms with Gasteiger partial charge in [-0.2, -0.15) is 0 Å². The lowest BCUT2D eigenvalue weighted by molar-refractivity contribution is -0.144. The fourth-order valence-corrected chi connectivity index (χ4v) is 4.89. The number of amides is 1. The highest BCUT2D eigenvalue weighted by atomic mass is 32.2. The average molecular weight is 290 g/mol. The second-order valence-corrected chi connectivity index (χ2v) is 6.52. The van der Waals surface area contributed by atoms with Crippen molar-refractivity contribution < 1.29 is 19.4 Å². The molecule has 2 heterocycles. The number of rotatable bonds is 4. The molecule has 1 amide bonds. The Kier molecular flexibility index (Phi) is 4.08. The standard InChI is InChI=1S/C10H14N2O4S2/c1-2-5-6(13)12-7(16-10(14)15)9(17-4-3-11)18-8(5)12/h2,7-9H,3-4,11H2,1H3,(H,14,15)/t7?,8-,9?/m0/s1. The van der Waals surface area contributed by atoms with E-state index in [1.54, 1.807) is 24.8 Å². The number of hydrogen-bond acceptors (Lipinski definition) is 6. The third-order valence-electron chi connectivity index (χ3n) is 2.70. The van der Waals surface area contributed by atoms with Gasteiger partial charge in [0.2, 0.25) is 6.23 Å². The molecule has 0 aromatic carbocycles. The largest absolute Gasteiger partial charge is 0.507 e. The van der Waals surface area contributed by atoms with E-state index in [1.165, 1.54) is 16.7 Å². The maximum absolute atomic E-state index is 11.8. The van der Waals surface area contributed by atoms with Gasteiger partial charge >= 0.3 is 6.16 Å². The normalized spacial score (nSPS) is 32.3. The summed E-state index contributed by atoms with van der Waals surface area (Å²) in [5, 5.41) is 8.66. The van der Waals surface area contributed by atoms with Crippen LogP contribution in [0.1, 0.15) is 6.92 Å². The van der Waals surface area contributed by atoms with Crippen molar-refractivity contribution in [2.45, 2.75) is 23.1 Å². The molecule has 0 aromatic heterocycles. The van der Waals surface area contributed by atoms with Crippen LogP contribution < -0.4 is 5.73 Å². The number of nitrogens with two attached hydrogens (primary N) is 1. The van der Waals surface area contributed by atoms with E-state index in [9.17, 15) is 9.59 Å². The van der Waals surface area contributed by atoms with Gasteiger partial charge in [-0.1, -0.05) is 6.08 Å². The second kappa shape index (κ2) is 5.41. The van der Waals surface area contributed by atoms with Crippen LogP contribution in [0.3, 0.4) is 0 Å². The van der Waals surface area contributed by atoms with E-state index >= 15 is 0 Å². The molecule has 0 aliphatic carbocycles. The monoisotopic (exact) mass is 290 g/mol. The summed E-state index contributed by atoms with van der Waals surface area (Å²) in [5.41, 5.74) is 6.16. The minimum atomic E-state index is -1.36. The Labute approximate surface area is 113 Å². The zero-order valence-corrected chi connectivity index (χ0v) is 11.4. The molecule has 3 N–H and O–H groups in total. The van der Waals surface area contributed by atoms with Gasteiger partial charge in [0, 0.05) is 17.9 Å². The van der Waals surface area contributed by atoms with E-state index in [0.717, 1.165) is 5.57 Å². The molecule has 0 saturated carbocycles. The van der Waals surface area contributed by atoms with Crippen molar-refractivity contribution in [3.05, 3.63) is 11.6 Å². The number of β-lactam (4-membered cyclic amide) rings is 1. The number of nitrogens with zero attached hydrogens (tertiary/aromatic N) is 1. The summed E-state index contributed by atoms with van der Waals surface area (Å²) in [4.78, 5) is 24.0. The third kappa shape index (κ3) is 2.19. The van der Waals surface area contributed by atoms with Gasteiger partial charge in [0.05, 0.1) is 0 Å². The summed E-state index contributed by atoms with van der Waals surface area (Å²) in [5.74, 6) is 0.564. The fraction of sp³-hybridized carbons (Fsp3) is 0.600. The summed E-state index contributed by atoms with van der Waals surface area (Å²) < 4.78 is 4.72. The van der Waals surface area contributed by atoms with Crippen LogP contribution in [0.2, 0.25) is 0 Å². The maximum Gasteiger partial charge on any atom is 0.507 e. The highest BCUT2D eigenvalue weighted by Crippen LogP contribution is 2.50. The van der Waals surface area contributed by atoms with Gasteiger partial charge in [0.15, 0.2) is 0 Å². The van der Waals surface area contributed by atoms with Gasteiger partial charge in [0.1, 0.15) is 9.96 Å². The molecule has 0 radical (unpaired) electrons. The minimum Gasteiger partial charge on any atom is -0.450 e. The van der Waals surface area contributed by atoms with Gasteiger partial charge in [-0.05, 0) is 6.92 Å². The van der Waals surface area contributed by atoms with Crippen LogP contribution in [0.5, 0.6) is 0 Å². The number of ether oxygens (including phenoxy) is 1. The molecule has 8 heteroatoms. The smallest absolute Gasteiger partial charge is 0.450 e. The van der Waals surface area contributed by atoms with Crippen LogP contribution >= 0.6 is 23.5 Å². The molecule has 100 valence electrons. The number of carbonyl (C=O) groups excluding carboxylic acids is 1. The summed E-state index contributed by atoms with van der Waals surface area (Å²) in [6, 6.07) is 0. The van der Waals surface area contributed by atoms with E-state index in [-0.39, 0.29) is 15.9 Å². The summed E-state index contributed by atoms with van der Waals surface area (Å²) in [6.45, 7) is 2.31. The van der Waals surface area contributed by atoms with Crippen LogP contribution in [0, 0.1) is 0 Å². The quantitative estimate of drug-likeness (QED) is 0.451. The number of carboxylic acid groups (broad SMARTS) is 1. The predicted octanol–water partition coefficient (Wildman–Crippen LogP) is 0.886. The van der Waals surface area contributed by atoms with E-state index in [1.807, 2.05) is 0 Å². The number of allylic oxidation sites excluding steroid dienone is 1. The Morgan fingerprint density at radius 2 is 2.44 bits per heavy atom. The SMILES string of the molecule is CC=C1C(=O)N2C(OC(=O)O)C(SCCN)S[C@@H]12. The molecule has 2 saturated heterocycles. The Balaban J connectivity index is 2.11. The Hall–Kier alpha value is -0.860. The van der Waals surface area contributed by atoms with E-state index < -0.39 is 12.4 Å². The number of carbonyl (C=O) groups is 2. The number of thioether (sulfide) groups is 2. The van der Waals surface area contributed by atoms with Crippen LogP contribution in [0.25, 0.3) is 0 Å². The van der Waals surface area contributed by atoms with Crippen molar-refractivity contribution in [2.24, 2.45) is 5.73 Å². The van der Waals surface area contributed by atoms with Gasteiger partial charge < -0.3 is 15.6 Å². The van der Waals surface area contributed by atoms with Crippen molar-refractivity contribution in [3.63, 3.8) is 0 Å². The van der Waals surface area contributed by atoms with E-state index in [2.05, 4.69) is 0 Å². The predicted molar refractivity (Wildman–Crippen MR) is 70.2 cm³/mol. The summed E-state index contributed by atoms with van der Waals surface area (Å²) in [7, 11) is 0. The summed E-state index contributed by atoms with van der Waals surface area (Å²) in [6.07, 6.45) is -0.309. The molecule has 0 spiro atoms. The Morgan fingerprint density at radius 1 is 1.72 bits per heavy atom. The lowest BCUT2D eigenvalue weighted by atomic mass is 10.1. The number of fused-ring (bicyclic) bond motifs is 1. The fourth-order valence-electron chi connectivity index (χ4n) is 1.95. The van der Waals surface area contributed by atoms with Crippen molar-refractivity contribution in [3.8, 4) is 0 Å². The minimum absolute atomic E-state index is 0.0814. The molecular formula is C10H14N2O4S2. The molecule has 6 nitrogen and oxygen atoms in total. The first kappa shape index (κ1) is 13.6. The van der Waals surface area contributed by atoms with Crippen molar-refractivity contribution >= 4 is 35.6 Å². The van der Waals surface area contributed by atoms with Crippen molar-refractivity contribution in [2.75, 3.05) is 12.3 Å². The highest BCUT2D eigenvalue weighted by molar-refractivity contribution is 8.17. The average Bonchev–Trinajstić information content (AvgIpc) is 2.61. The lowest BCUT2D eigenvalue weighted by Crippen LogP contribution is -2.55. The topological polar surface area (TPSA) is 92.9 Å². The van der Waals surface area contributed by atoms with Gasteiger partial charge in [-0.3, -0.25) is 9.69 Å². The Morgan fingerprint density at radius 3 is 3.00 bits per heavy atom. The second-order valence-electron chi connectivity index (χ2n) is 3.75. The van der Waals surface area contributed by atoms with Crippen LogP contribution in [-0.4, -0.2) is 50.6 Å². The van der Waals surface area contributed by atoms with Crippen molar-refractivity contribution in [1.29, 1.82) is 0 Å². The van der Waals surface area contributed by atoms with Crippen LogP contribution in [0.4, 0.5) is 4.79 Å². The zero-order chi connectivity index (χ0) is 13.3. The first-order chi connectivity index (χ1) is 8.60. The number of hydrogen-bond donors (Lipinski definition) is 2. The van der Waals surface area contributed by atoms with Gasteiger partial charge in [-0.25, -0.2) is 4.79 Å². The molecule has 2 fully saturated rings. The first-order valence-electron chi connectivity index (χ1n) is 5.45. The van der Waals surface area contributed by atoms with Gasteiger partial charge in [-0.15, -0.1) is 23.5 Å².